The van der Waals surface area contributed by atoms with Gasteiger partial charge in [-0.2, -0.15) is 0 Å². The Labute approximate surface area is 130 Å². The first-order valence-corrected chi connectivity index (χ1v) is 8.26. The average molecular weight is 306 g/mol. The number of nitrogens with one attached hydrogen (secondary N) is 1. The molecule has 2 atom stereocenters. The van der Waals surface area contributed by atoms with Crippen LogP contribution in [0.3, 0.4) is 0 Å². The minimum absolute atomic E-state index is 0.249. The van der Waals surface area contributed by atoms with Gasteiger partial charge in [-0.15, -0.1) is 11.3 Å². The van der Waals surface area contributed by atoms with E-state index in [1.165, 1.54) is 16.0 Å². The van der Waals surface area contributed by atoms with Gasteiger partial charge in [-0.3, -0.25) is 0 Å². The summed E-state index contributed by atoms with van der Waals surface area (Å²) in [7, 11) is 0. The third-order valence-electron chi connectivity index (χ3n) is 4.23. The Morgan fingerprint density at radius 1 is 1.25 bits per heavy atom. The summed E-state index contributed by atoms with van der Waals surface area (Å²) in [6.07, 6.45) is 1.14. The number of thiophene rings is 1. The molecule has 0 aliphatic heterocycles. The van der Waals surface area contributed by atoms with Crippen LogP contribution in [-0.4, -0.2) is 0 Å². The third-order valence-corrected chi connectivity index (χ3v) is 5.64. The topological polar surface area (TPSA) is 12.0 Å². The van der Waals surface area contributed by atoms with Gasteiger partial charge in [-0.25, -0.2) is 0 Å². The summed E-state index contributed by atoms with van der Waals surface area (Å²) in [5.74, 6) is 0. The number of benzene rings is 1. The molecule has 1 N–H and O–H groups in total. The highest BCUT2D eigenvalue weighted by molar-refractivity contribution is 7.16. The van der Waals surface area contributed by atoms with E-state index in [4.69, 9.17) is 11.6 Å². The Bertz CT molecular complexity index is 617. The second kappa shape index (κ2) is 5.18. The first-order valence-electron chi connectivity index (χ1n) is 7.06. The van der Waals surface area contributed by atoms with E-state index < -0.39 is 0 Å². The highest BCUT2D eigenvalue weighted by Crippen LogP contribution is 2.46. The van der Waals surface area contributed by atoms with Crippen molar-refractivity contribution in [2.75, 3.05) is 0 Å². The van der Waals surface area contributed by atoms with E-state index in [1.54, 1.807) is 11.3 Å². The fourth-order valence-electron chi connectivity index (χ4n) is 3.20. The number of hydrogen-bond acceptors (Lipinski definition) is 2. The lowest BCUT2D eigenvalue weighted by Crippen LogP contribution is -2.32. The number of halogens is 1. The Morgan fingerprint density at radius 3 is 2.70 bits per heavy atom. The van der Waals surface area contributed by atoms with Crippen LogP contribution >= 0.6 is 22.9 Å². The zero-order chi connectivity index (χ0) is 14.3. The van der Waals surface area contributed by atoms with E-state index in [-0.39, 0.29) is 5.41 Å². The van der Waals surface area contributed by atoms with Crippen molar-refractivity contribution < 1.29 is 0 Å². The summed E-state index contributed by atoms with van der Waals surface area (Å²) in [6, 6.07) is 13.6. The average Bonchev–Trinajstić information content (AvgIpc) is 2.92. The predicted molar refractivity (Wildman–Crippen MR) is 87.5 cm³/mol. The molecule has 0 spiro atoms. The normalized spacial score (nSPS) is 21.7. The molecule has 2 unspecified atom stereocenters. The van der Waals surface area contributed by atoms with Crippen LogP contribution in [0.25, 0.3) is 0 Å². The first kappa shape index (κ1) is 14.1. The molecule has 106 valence electrons. The maximum atomic E-state index is 6.05. The van der Waals surface area contributed by atoms with Crippen molar-refractivity contribution in [2.45, 2.75) is 39.3 Å². The van der Waals surface area contributed by atoms with E-state index in [0.29, 0.717) is 12.1 Å². The lowest BCUT2D eigenvalue weighted by atomic mass is 9.85. The molecule has 20 heavy (non-hydrogen) atoms. The van der Waals surface area contributed by atoms with Crippen LogP contribution in [0.2, 0.25) is 4.34 Å². The van der Waals surface area contributed by atoms with Crippen molar-refractivity contribution >= 4 is 22.9 Å². The summed E-state index contributed by atoms with van der Waals surface area (Å²) < 4.78 is 0.861. The molecule has 1 aliphatic rings. The fraction of sp³-hybridized carbons (Fsp3) is 0.412. The third kappa shape index (κ3) is 2.52. The molecule has 0 saturated carbocycles. The molecule has 2 aromatic rings. The molecule has 1 aromatic carbocycles. The standard InChI is InChI=1S/C17H20ClNS/c1-11(14-8-9-15(18)20-14)19-16-13-7-5-4-6-12(13)10-17(16,2)3/h4-9,11,16,19H,10H2,1-3H3. The van der Waals surface area contributed by atoms with Gasteiger partial charge in [0, 0.05) is 17.0 Å². The van der Waals surface area contributed by atoms with Gasteiger partial charge in [0.1, 0.15) is 0 Å². The molecule has 1 aromatic heterocycles. The van der Waals surface area contributed by atoms with Gasteiger partial charge < -0.3 is 5.32 Å². The minimum Gasteiger partial charge on any atom is -0.302 e. The zero-order valence-corrected chi connectivity index (χ0v) is 13.7. The molecule has 0 radical (unpaired) electrons. The van der Waals surface area contributed by atoms with Crippen LogP contribution < -0.4 is 5.32 Å². The van der Waals surface area contributed by atoms with Crippen molar-refractivity contribution in [3.05, 3.63) is 56.7 Å². The fourth-order valence-corrected chi connectivity index (χ4v) is 4.27. The molecule has 1 heterocycles. The SMILES string of the molecule is CC(NC1c2ccccc2CC1(C)C)c1ccc(Cl)s1. The van der Waals surface area contributed by atoms with Gasteiger partial charge in [-0.1, -0.05) is 49.7 Å². The van der Waals surface area contributed by atoms with Crippen molar-refractivity contribution in [2.24, 2.45) is 5.41 Å². The van der Waals surface area contributed by atoms with E-state index in [9.17, 15) is 0 Å². The van der Waals surface area contributed by atoms with Gasteiger partial charge in [0.05, 0.1) is 4.34 Å². The lowest BCUT2D eigenvalue weighted by Gasteiger charge is -2.31. The highest BCUT2D eigenvalue weighted by Gasteiger charge is 2.39. The van der Waals surface area contributed by atoms with Crippen molar-refractivity contribution in [3.8, 4) is 0 Å². The van der Waals surface area contributed by atoms with Crippen LogP contribution in [0.1, 0.15) is 48.9 Å². The Morgan fingerprint density at radius 2 is 2.00 bits per heavy atom. The predicted octanol–water partition coefficient (Wildman–Crippen LogP) is 5.38. The monoisotopic (exact) mass is 305 g/mol. The second-order valence-electron chi connectivity index (χ2n) is 6.33. The molecule has 3 heteroatoms. The van der Waals surface area contributed by atoms with Crippen LogP contribution in [0.15, 0.2) is 36.4 Å². The van der Waals surface area contributed by atoms with Gasteiger partial charge in [-0.05, 0) is 42.0 Å². The maximum Gasteiger partial charge on any atom is 0.0931 e. The van der Waals surface area contributed by atoms with E-state index in [1.807, 2.05) is 6.07 Å². The Hall–Kier alpha value is -0.830. The quantitative estimate of drug-likeness (QED) is 0.803. The Balaban J connectivity index is 1.86. The molecule has 0 fully saturated rings. The van der Waals surface area contributed by atoms with Gasteiger partial charge in [0.15, 0.2) is 0 Å². The van der Waals surface area contributed by atoms with Crippen molar-refractivity contribution in [1.82, 2.24) is 5.32 Å². The largest absolute Gasteiger partial charge is 0.302 e. The smallest absolute Gasteiger partial charge is 0.0931 e. The van der Waals surface area contributed by atoms with E-state index in [0.717, 1.165) is 10.8 Å². The maximum absolute atomic E-state index is 6.05. The van der Waals surface area contributed by atoms with E-state index in [2.05, 4.69) is 56.4 Å². The summed E-state index contributed by atoms with van der Waals surface area (Å²) in [4.78, 5) is 1.30. The van der Waals surface area contributed by atoms with Gasteiger partial charge in [0.2, 0.25) is 0 Å². The molecule has 0 saturated heterocycles. The van der Waals surface area contributed by atoms with Crippen molar-refractivity contribution in [1.29, 1.82) is 0 Å². The van der Waals surface area contributed by atoms with Gasteiger partial charge >= 0.3 is 0 Å². The second-order valence-corrected chi connectivity index (χ2v) is 8.07. The summed E-state index contributed by atoms with van der Waals surface area (Å²) in [5.41, 5.74) is 3.18. The highest BCUT2D eigenvalue weighted by atomic mass is 35.5. The van der Waals surface area contributed by atoms with Gasteiger partial charge in [0.25, 0.3) is 0 Å². The molecule has 0 bridgehead atoms. The molecule has 0 amide bonds. The summed E-state index contributed by atoms with van der Waals surface area (Å²) in [6.45, 7) is 6.91. The first-order chi connectivity index (χ1) is 9.47. The minimum atomic E-state index is 0.249. The van der Waals surface area contributed by atoms with Crippen molar-refractivity contribution in [3.63, 3.8) is 0 Å². The molecular weight excluding hydrogens is 286 g/mol. The van der Waals surface area contributed by atoms with Crippen LogP contribution in [0.5, 0.6) is 0 Å². The zero-order valence-electron chi connectivity index (χ0n) is 12.1. The van der Waals surface area contributed by atoms with Crippen LogP contribution in [-0.2, 0) is 6.42 Å². The summed E-state index contributed by atoms with van der Waals surface area (Å²) >= 11 is 7.71. The summed E-state index contributed by atoms with van der Waals surface area (Å²) in [5, 5.41) is 3.81. The molecule has 1 nitrogen and oxygen atoms in total. The molecule has 1 aliphatic carbocycles. The van der Waals surface area contributed by atoms with E-state index >= 15 is 0 Å². The Kier molecular flexibility index (Phi) is 3.65. The van der Waals surface area contributed by atoms with Crippen LogP contribution in [0, 0.1) is 5.41 Å². The van der Waals surface area contributed by atoms with Crippen LogP contribution in [0.4, 0.5) is 0 Å². The molecule has 3 rings (SSSR count). The molecular formula is C17H20ClNS. The number of rotatable bonds is 3. The number of fused-ring (bicyclic) bond motifs is 1. The lowest BCUT2D eigenvalue weighted by molar-refractivity contribution is 0.253. The number of hydrogen-bond donors (Lipinski definition) is 1.